The third kappa shape index (κ3) is 2.64. The van der Waals surface area contributed by atoms with Gasteiger partial charge in [0, 0.05) is 11.1 Å². The average molecular weight is 297 g/mol. The number of pyridine rings is 1. The van der Waals surface area contributed by atoms with Crippen LogP contribution in [0.5, 0.6) is 0 Å². The van der Waals surface area contributed by atoms with E-state index in [1.54, 1.807) is 0 Å². The number of thioether (sulfide) groups is 1. The lowest BCUT2D eigenvalue weighted by Gasteiger charge is -2.29. The molecular formula is C17H19N3S. The summed E-state index contributed by atoms with van der Waals surface area (Å²) in [7, 11) is 0. The SMILES string of the molecule is c1ccc2ncc(NC3=NC4(CCCCC4)CS3)cc2c1. The van der Waals surface area contributed by atoms with Crippen molar-refractivity contribution in [3.63, 3.8) is 0 Å². The molecule has 1 saturated carbocycles. The van der Waals surface area contributed by atoms with Crippen LogP contribution in [0.15, 0.2) is 41.5 Å². The molecule has 1 N–H and O–H groups in total. The highest BCUT2D eigenvalue weighted by Crippen LogP contribution is 2.39. The molecule has 1 aliphatic heterocycles. The van der Waals surface area contributed by atoms with Crippen molar-refractivity contribution in [2.24, 2.45) is 4.99 Å². The Morgan fingerprint density at radius 3 is 2.86 bits per heavy atom. The number of aliphatic imine (C=N–C) groups is 1. The monoisotopic (exact) mass is 297 g/mol. The van der Waals surface area contributed by atoms with Crippen LogP contribution in [0, 0.1) is 0 Å². The standard InChI is InChI=1S/C17H19N3S/c1-4-8-17(9-5-1)12-21-16(20-17)19-14-10-13-6-2-3-7-15(13)18-11-14/h2-3,6-7,10-11H,1,4-5,8-9,12H2,(H,19,20). The molecule has 1 aromatic heterocycles. The average Bonchev–Trinajstić information content (AvgIpc) is 2.90. The summed E-state index contributed by atoms with van der Waals surface area (Å²) in [5.74, 6) is 1.14. The molecule has 0 bridgehead atoms. The van der Waals surface area contributed by atoms with Crippen LogP contribution in [0.2, 0.25) is 0 Å². The Labute approximate surface area is 129 Å². The van der Waals surface area contributed by atoms with Crippen LogP contribution in [0.25, 0.3) is 10.9 Å². The minimum absolute atomic E-state index is 0.218. The fourth-order valence-electron chi connectivity index (χ4n) is 3.28. The van der Waals surface area contributed by atoms with Gasteiger partial charge >= 0.3 is 0 Å². The second kappa shape index (κ2) is 5.34. The lowest BCUT2D eigenvalue weighted by molar-refractivity contribution is 0.335. The lowest BCUT2D eigenvalue weighted by Crippen LogP contribution is -2.29. The molecule has 0 amide bonds. The quantitative estimate of drug-likeness (QED) is 0.845. The summed E-state index contributed by atoms with van der Waals surface area (Å²) in [6.45, 7) is 0. The van der Waals surface area contributed by atoms with Crippen molar-refractivity contribution in [3.8, 4) is 0 Å². The molecule has 0 atom stereocenters. The highest BCUT2D eigenvalue weighted by atomic mass is 32.2. The third-order valence-electron chi connectivity index (χ3n) is 4.44. The maximum Gasteiger partial charge on any atom is 0.161 e. The van der Waals surface area contributed by atoms with Gasteiger partial charge in [-0.3, -0.25) is 9.98 Å². The predicted molar refractivity (Wildman–Crippen MR) is 91.1 cm³/mol. The van der Waals surface area contributed by atoms with E-state index in [4.69, 9.17) is 4.99 Å². The minimum atomic E-state index is 0.218. The molecule has 0 radical (unpaired) electrons. The molecule has 1 spiro atoms. The number of fused-ring (bicyclic) bond motifs is 1. The Balaban J connectivity index is 1.56. The van der Waals surface area contributed by atoms with E-state index in [0.29, 0.717) is 0 Å². The number of hydrogen-bond donors (Lipinski definition) is 1. The van der Waals surface area contributed by atoms with Crippen LogP contribution in [0.1, 0.15) is 32.1 Å². The Morgan fingerprint density at radius 2 is 1.95 bits per heavy atom. The molecule has 3 nitrogen and oxygen atoms in total. The van der Waals surface area contributed by atoms with Gasteiger partial charge in [0.25, 0.3) is 0 Å². The summed E-state index contributed by atoms with van der Waals surface area (Å²) in [4.78, 5) is 9.50. The van der Waals surface area contributed by atoms with Crippen molar-refractivity contribution in [1.82, 2.24) is 4.98 Å². The molecule has 108 valence electrons. The summed E-state index contributed by atoms with van der Waals surface area (Å²) >= 11 is 1.86. The molecule has 2 aliphatic rings. The van der Waals surface area contributed by atoms with Crippen molar-refractivity contribution in [3.05, 3.63) is 36.5 Å². The van der Waals surface area contributed by atoms with Crippen LogP contribution < -0.4 is 5.32 Å². The Morgan fingerprint density at radius 1 is 1.10 bits per heavy atom. The third-order valence-corrected chi connectivity index (χ3v) is 5.59. The van der Waals surface area contributed by atoms with E-state index in [-0.39, 0.29) is 5.54 Å². The van der Waals surface area contributed by atoms with Gasteiger partial charge in [-0.2, -0.15) is 0 Å². The van der Waals surface area contributed by atoms with Gasteiger partial charge in [-0.15, -0.1) is 0 Å². The number of nitrogens with one attached hydrogen (secondary N) is 1. The van der Waals surface area contributed by atoms with Crippen molar-refractivity contribution in [1.29, 1.82) is 0 Å². The van der Waals surface area contributed by atoms with Crippen molar-refractivity contribution >= 4 is 33.5 Å². The minimum Gasteiger partial charge on any atom is -0.334 e. The van der Waals surface area contributed by atoms with Crippen LogP contribution in [-0.4, -0.2) is 21.4 Å². The summed E-state index contributed by atoms with van der Waals surface area (Å²) in [5.41, 5.74) is 2.29. The van der Waals surface area contributed by atoms with E-state index in [2.05, 4.69) is 22.4 Å². The molecule has 2 heterocycles. The molecule has 4 rings (SSSR count). The van der Waals surface area contributed by atoms with Crippen molar-refractivity contribution in [2.75, 3.05) is 11.1 Å². The maximum atomic E-state index is 5.00. The Kier molecular flexibility index (Phi) is 3.34. The zero-order chi connectivity index (χ0) is 14.1. The smallest absolute Gasteiger partial charge is 0.161 e. The number of nitrogens with zero attached hydrogens (tertiary/aromatic N) is 2. The normalized spacial score (nSPS) is 20.7. The molecular weight excluding hydrogens is 278 g/mol. The number of amidine groups is 1. The summed E-state index contributed by atoms with van der Waals surface area (Å²) in [6, 6.07) is 10.4. The first kappa shape index (κ1) is 13.1. The van der Waals surface area contributed by atoms with Crippen LogP contribution >= 0.6 is 11.8 Å². The van der Waals surface area contributed by atoms with Crippen LogP contribution in [-0.2, 0) is 0 Å². The first-order valence-electron chi connectivity index (χ1n) is 7.68. The number of para-hydroxylation sites is 1. The van der Waals surface area contributed by atoms with Gasteiger partial charge in [-0.25, -0.2) is 0 Å². The van der Waals surface area contributed by atoms with Gasteiger partial charge < -0.3 is 5.32 Å². The summed E-state index contributed by atoms with van der Waals surface area (Å²) in [5, 5.41) is 5.68. The zero-order valence-corrected chi connectivity index (χ0v) is 12.8. The number of hydrogen-bond acceptors (Lipinski definition) is 4. The Hall–Kier alpha value is -1.55. The summed E-state index contributed by atoms with van der Waals surface area (Å²) < 4.78 is 0. The number of rotatable bonds is 1. The van der Waals surface area contributed by atoms with Crippen molar-refractivity contribution in [2.45, 2.75) is 37.6 Å². The van der Waals surface area contributed by atoms with E-state index in [9.17, 15) is 0 Å². The van der Waals surface area contributed by atoms with E-state index >= 15 is 0 Å². The van der Waals surface area contributed by atoms with Gasteiger partial charge in [0.1, 0.15) is 0 Å². The van der Waals surface area contributed by atoms with E-state index in [1.807, 2.05) is 36.2 Å². The fraction of sp³-hybridized carbons (Fsp3) is 0.412. The Bertz CT molecular complexity index is 689. The second-order valence-electron chi connectivity index (χ2n) is 6.03. The van der Waals surface area contributed by atoms with Gasteiger partial charge in [-0.1, -0.05) is 49.2 Å². The summed E-state index contributed by atoms with van der Waals surface area (Å²) in [6.07, 6.45) is 8.43. The first-order valence-corrected chi connectivity index (χ1v) is 8.66. The maximum absolute atomic E-state index is 5.00. The van der Waals surface area contributed by atoms with E-state index in [0.717, 1.165) is 22.1 Å². The zero-order valence-electron chi connectivity index (χ0n) is 12.0. The molecule has 1 aliphatic carbocycles. The molecule has 1 fully saturated rings. The van der Waals surface area contributed by atoms with Crippen LogP contribution in [0.4, 0.5) is 5.69 Å². The fourth-order valence-corrected chi connectivity index (χ4v) is 4.48. The van der Waals surface area contributed by atoms with Gasteiger partial charge in [-0.05, 0) is 25.0 Å². The van der Waals surface area contributed by atoms with Gasteiger partial charge in [0.15, 0.2) is 5.17 Å². The number of aromatic nitrogens is 1. The molecule has 0 unspecified atom stereocenters. The molecule has 0 saturated heterocycles. The van der Waals surface area contributed by atoms with E-state index in [1.165, 1.54) is 37.5 Å². The first-order chi connectivity index (χ1) is 10.3. The van der Waals surface area contributed by atoms with Crippen LogP contribution in [0.3, 0.4) is 0 Å². The largest absolute Gasteiger partial charge is 0.334 e. The highest BCUT2D eigenvalue weighted by Gasteiger charge is 2.36. The molecule has 1 aromatic carbocycles. The molecule has 4 heteroatoms. The predicted octanol–water partition coefficient (Wildman–Crippen LogP) is 4.45. The van der Waals surface area contributed by atoms with Gasteiger partial charge in [0.05, 0.1) is 22.9 Å². The van der Waals surface area contributed by atoms with E-state index < -0.39 is 0 Å². The topological polar surface area (TPSA) is 37.3 Å². The number of anilines is 1. The highest BCUT2D eigenvalue weighted by molar-refractivity contribution is 8.14. The van der Waals surface area contributed by atoms with Gasteiger partial charge in [0.2, 0.25) is 0 Å². The number of benzene rings is 1. The lowest BCUT2D eigenvalue weighted by atomic mass is 9.84. The van der Waals surface area contributed by atoms with Crippen molar-refractivity contribution < 1.29 is 0 Å². The molecule has 2 aromatic rings. The molecule has 21 heavy (non-hydrogen) atoms. The second-order valence-corrected chi connectivity index (χ2v) is 7.00.